The molecule has 2 aromatic heterocycles. The molecule has 9 rings (SSSR count). The molecule has 60 heavy (non-hydrogen) atoms. The molecule has 5 aliphatic rings. The van der Waals surface area contributed by atoms with E-state index >= 15 is 0 Å². The molecule has 4 fully saturated rings. The van der Waals surface area contributed by atoms with Crippen molar-refractivity contribution in [3.63, 3.8) is 0 Å². The molecule has 1 aliphatic carbocycles. The number of ether oxygens (including phenoxy) is 1. The Hall–Kier alpha value is -5.55. The van der Waals surface area contributed by atoms with Gasteiger partial charge in [0.15, 0.2) is 5.13 Å². The first-order valence-corrected chi connectivity index (χ1v) is 21.3. The molecule has 1 atom stereocenters. The van der Waals surface area contributed by atoms with Crippen LogP contribution in [-0.4, -0.2) is 102 Å². The Labute approximate surface area is 349 Å². The molecule has 14 nitrogen and oxygen atoms in total. The first-order valence-electron chi connectivity index (χ1n) is 20.5. The number of methoxy groups -OCH3 is 1. The Morgan fingerprint density at radius 2 is 1.75 bits per heavy atom. The summed E-state index contributed by atoms with van der Waals surface area (Å²) < 4.78 is 34.1. The number of thiazole rings is 1. The minimum Gasteiger partial charge on any atom is -0.494 e. The number of aromatic nitrogens is 2. The molecule has 314 valence electrons. The SMILES string of the molecule is COc1cc2nc(N3CCC(CN4CC5(CC(CCNc6cccc7c6C(=O)N(C6CCC(=O)NC6=O)C7=O)C5)C4)CC3)sc2cc1NC(=O)c1cccc(C(C)(F)F)n1. The second-order valence-corrected chi connectivity index (χ2v) is 18.0. The third kappa shape index (κ3) is 7.57. The van der Waals surface area contributed by atoms with Crippen LogP contribution in [0.2, 0.25) is 0 Å². The van der Waals surface area contributed by atoms with Crippen molar-refractivity contribution < 1.29 is 37.5 Å². The van der Waals surface area contributed by atoms with Crippen molar-refractivity contribution in [1.29, 1.82) is 0 Å². The maximum atomic E-state index is 13.8. The van der Waals surface area contributed by atoms with Gasteiger partial charge in [0.25, 0.3) is 23.6 Å². The average molecular weight is 841 g/mol. The fourth-order valence-corrected chi connectivity index (χ4v) is 10.8. The third-order valence-corrected chi connectivity index (χ3v) is 13.8. The van der Waals surface area contributed by atoms with E-state index in [1.54, 1.807) is 41.7 Å². The number of nitrogens with zero attached hydrogens (tertiary/aromatic N) is 5. The summed E-state index contributed by atoms with van der Waals surface area (Å²) >= 11 is 1.55. The molecular formula is C43H46F2N8O6S. The van der Waals surface area contributed by atoms with E-state index in [4.69, 9.17) is 9.72 Å². The molecule has 2 aromatic carbocycles. The van der Waals surface area contributed by atoms with Crippen molar-refractivity contribution in [2.45, 2.75) is 63.8 Å². The number of amides is 5. The number of imide groups is 2. The molecule has 17 heteroatoms. The number of fused-ring (bicyclic) bond motifs is 2. The number of piperidine rings is 2. The van der Waals surface area contributed by atoms with Crippen LogP contribution in [0.15, 0.2) is 48.5 Å². The van der Waals surface area contributed by atoms with Crippen molar-refractivity contribution in [3.05, 3.63) is 71.0 Å². The average Bonchev–Trinajstić information content (AvgIpc) is 3.73. The minimum atomic E-state index is -3.17. The summed E-state index contributed by atoms with van der Waals surface area (Å²) in [6.45, 7) is 6.58. The number of likely N-dealkylation sites (tertiary alicyclic amines) is 1. The number of rotatable bonds is 12. The molecule has 6 heterocycles. The molecule has 0 radical (unpaired) electrons. The summed E-state index contributed by atoms with van der Waals surface area (Å²) in [6, 6.07) is 11.7. The normalized spacial score (nSPS) is 20.9. The van der Waals surface area contributed by atoms with Crippen LogP contribution in [0, 0.1) is 17.3 Å². The number of hydrogen-bond acceptors (Lipinski definition) is 12. The smallest absolute Gasteiger partial charge is 0.287 e. The second kappa shape index (κ2) is 15.5. The van der Waals surface area contributed by atoms with Crippen molar-refractivity contribution in [2.24, 2.45) is 17.3 Å². The summed E-state index contributed by atoms with van der Waals surface area (Å²) in [4.78, 5) is 78.4. The van der Waals surface area contributed by atoms with Gasteiger partial charge in [-0.2, -0.15) is 8.78 Å². The standard InChI is InChI=1S/C43H46F2N8O6S/c1-42(44,45)34-8-4-7-28(47-34)37(55)48-29-18-33-30(17-32(29)59-2)49-41(60-33)52-15-12-24(13-16-52)21-51-22-43(23-51)19-25(20-43)11-14-46-27-6-3-5-26-36(27)40(58)53(39(26)57)31-9-10-35(54)50-38(31)56/h3-8,17-18,24-25,31,46H,9-16,19-23H2,1-2H3,(H,48,55)(H,50,54,56). The van der Waals surface area contributed by atoms with Gasteiger partial charge in [0.05, 0.1) is 34.1 Å². The lowest BCUT2D eigenvalue weighted by atomic mass is 9.57. The van der Waals surface area contributed by atoms with Gasteiger partial charge < -0.3 is 25.2 Å². The van der Waals surface area contributed by atoms with E-state index in [2.05, 4.69) is 30.7 Å². The number of nitrogens with one attached hydrogen (secondary N) is 3. The Balaban J connectivity index is 0.719. The maximum absolute atomic E-state index is 13.8. The monoisotopic (exact) mass is 840 g/mol. The predicted octanol–water partition coefficient (Wildman–Crippen LogP) is 5.90. The summed E-state index contributed by atoms with van der Waals surface area (Å²) in [7, 11) is 1.50. The molecule has 5 amide bonds. The van der Waals surface area contributed by atoms with Crippen LogP contribution in [0.1, 0.15) is 88.8 Å². The quantitative estimate of drug-likeness (QED) is 0.146. The molecule has 1 unspecified atom stereocenters. The zero-order chi connectivity index (χ0) is 41.9. The number of anilines is 3. The number of carbonyl (C=O) groups is 5. The first-order chi connectivity index (χ1) is 28.8. The highest BCUT2D eigenvalue weighted by atomic mass is 32.1. The van der Waals surface area contributed by atoms with Crippen LogP contribution in [-0.2, 0) is 15.5 Å². The Bertz CT molecular complexity index is 2400. The molecule has 1 spiro atoms. The maximum Gasteiger partial charge on any atom is 0.287 e. The number of pyridine rings is 1. The van der Waals surface area contributed by atoms with Crippen LogP contribution in [0.5, 0.6) is 5.75 Å². The molecule has 3 N–H and O–H groups in total. The van der Waals surface area contributed by atoms with Crippen molar-refractivity contribution in [2.75, 3.05) is 61.9 Å². The number of alkyl halides is 2. The van der Waals surface area contributed by atoms with E-state index in [0.717, 1.165) is 79.2 Å². The van der Waals surface area contributed by atoms with Crippen molar-refractivity contribution in [3.8, 4) is 5.75 Å². The molecule has 3 saturated heterocycles. The largest absolute Gasteiger partial charge is 0.494 e. The lowest BCUT2D eigenvalue weighted by molar-refractivity contribution is -0.136. The van der Waals surface area contributed by atoms with Gasteiger partial charge in [0, 0.05) is 64.4 Å². The van der Waals surface area contributed by atoms with E-state index < -0.39 is 47.2 Å². The summed E-state index contributed by atoms with van der Waals surface area (Å²) in [5.74, 6) is -4.17. The number of hydrogen-bond donors (Lipinski definition) is 3. The topological polar surface area (TPSA) is 166 Å². The van der Waals surface area contributed by atoms with Crippen LogP contribution in [0.3, 0.4) is 0 Å². The highest BCUT2D eigenvalue weighted by Gasteiger charge is 2.52. The zero-order valence-electron chi connectivity index (χ0n) is 33.4. The number of benzene rings is 2. The first kappa shape index (κ1) is 39.9. The third-order valence-electron chi connectivity index (χ3n) is 12.7. The van der Waals surface area contributed by atoms with Gasteiger partial charge in [-0.15, -0.1) is 0 Å². The number of carbonyl (C=O) groups excluding carboxylic acids is 5. The van der Waals surface area contributed by atoms with Crippen LogP contribution >= 0.6 is 11.3 Å². The van der Waals surface area contributed by atoms with Gasteiger partial charge in [-0.05, 0) is 86.1 Å². The van der Waals surface area contributed by atoms with E-state index in [1.165, 1.54) is 38.2 Å². The predicted molar refractivity (Wildman–Crippen MR) is 221 cm³/mol. The highest BCUT2D eigenvalue weighted by molar-refractivity contribution is 7.22. The fourth-order valence-electron chi connectivity index (χ4n) is 9.74. The van der Waals surface area contributed by atoms with Crippen molar-refractivity contribution >= 4 is 67.6 Å². The number of halogens is 2. The van der Waals surface area contributed by atoms with Gasteiger partial charge in [-0.3, -0.25) is 34.2 Å². The Morgan fingerprint density at radius 3 is 2.48 bits per heavy atom. The minimum absolute atomic E-state index is 0.0837. The van der Waals surface area contributed by atoms with E-state index in [9.17, 15) is 32.8 Å². The van der Waals surface area contributed by atoms with Crippen LogP contribution in [0.25, 0.3) is 10.2 Å². The molecule has 4 aliphatic heterocycles. The van der Waals surface area contributed by atoms with Gasteiger partial charge in [0.2, 0.25) is 11.8 Å². The Morgan fingerprint density at radius 1 is 0.983 bits per heavy atom. The van der Waals surface area contributed by atoms with Gasteiger partial charge >= 0.3 is 0 Å². The summed E-state index contributed by atoms with van der Waals surface area (Å²) in [5.41, 5.74) is 2.15. The van der Waals surface area contributed by atoms with Gasteiger partial charge in [-0.1, -0.05) is 23.5 Å². The molecular weight excluding hydrogens is 795 g/mol. The van der Waals surface area contributed by atoms with E-state index in [0.29, 0.717) is 46.5 Å². The highest BCUT2D eigenvalue weighted by Crippen LogP contribution is 2.53. The molecule has 4 aromatic rings. The van der Waals surface area contributed by atoms with Crippen LogP contribution < -0.4 is 25.6 Å². The lowest BCUT2D eigenvalue weighted by Crippen LogP contribution is -2.63. The summed E-state index contributed by atoms with van der Waals surface area (Å²) in [6.07, 6.45) is 5.70. The Kier molecular flexibility index (Phi) is 10.3. The van der Waals surface area contributed by atoms with E-state index in [1.807, 2.05) is 0 Å². The van der Waals surface area contributed by atoms with Crippen molar-refractivity contribution in [1.82, 2.24) is 25.1 Å². The van der Waals surface area contributed by atoms with Crippen LogP contribution in [0.4, 0.5) is 25.3 Å². The van der Waals surface area contributed by atoms with E-state index in [-0.39, 0.29) is 24.1 Å². The fraction of sp³-hybridized carbons (Fsp3) is 0.465. The lowest BCUT2D eigenvalue weighted by Gasteiger charge is -2.60. The summed E-state index contributed by atoms with van der Waals surface area (Å²) in [5, 5.41) is 9.33. The second-order valence-electron chi connectivity index (χ2n) is 17.0. The van der Waals surface area contributed by atoms with Gasteiger partial charge in [0.1, 0.15) is 23.2 Å². The molecule has 0 bridgehead atoms. The van der Waals surface area contributed by atoms with Gasteiger partial charge in [-0.25, -0.2) is 9.97 Å². The zero-order valence-corrected chi connectivity index (χ0v) is 34.2. The molecule has 1 saturated carbocycles.